The van der Waals surface area contributed by atoms with Gasteiger partial charge in [-0.15, -0.1) is 0 Å². The number of anilines is 2. The molecule has 1 aromatic rings. The van der Waals surface area contributed by atoms with Crippen molar-refractivity contribution in [1.82, 2.24) is 0 Å². The topological polar surface area (TPSA) is 41.6 Å². The first-order valence-corrected chi connectivity index (χ1v) is 15.7. The Morgan fingerprint density at radius 3 is 1.81 bits per heavy atom. The first-order valence-electron chi connectivity index (χ1n) is 15.7. The van der Waals surface area contributed by atoms with E-state index in [1.54, 1.807) is 0 Å². The van der Waals surface area contributed by atoms with Gasteiger partial charge in [0.25, 0.3) is 0 Å². The summed E-state index contributed by atoms with van der Waals surface area (Å²) >= 11 is 0. The van der Waals surface area contributed by atoms with E-state index in [1.165, 1.54) is 51.4 Å². The van der Waals surface area contributed by atoms with Crippen LogP contribution in [0.5, 0.6) is 5.75 Å². The number of unbranched alkanes of at least 4 members (excludes halogenated alkanes) is 3. The van der Waals surface area contributed by atoms with Gasteiger partial charge in [-0.2, -0.15) is 0 Å². The second-order valence-electron chi connectivity index (χ2n) is 11.0. The quantitative estimate of drug-likeness (QED) is 0.177. The van der Waals surface area contributed by atoms with Crippen molar-refractivity contribution in [2.24, 2.45) is 17.8 Å². The molecule has 1 aromatic carbocycles. The molecule has 0 aliphatic rings. The van der Waals surface area contributed by atoms with Crippen LogP contribution in [-0.4, -0.2) is 25.6 Å². The molecule has 0 aromatic heterocycles. The van der Waals surface area contributed by atoms with Crippen LogP contribution in [0.4, 0.5) is 11.4 Å². The summed E-state index contributed by atoms with van der Waals surface area (Å²) in [6.45, 7) is 20.4. The van der Waals surface area contributed by atoms with Gasteiger partial charge in [0.05, 0.1) is 12.3 Å². The van der Waals surface area contributed by atoms with Crippen LogP contribution in [0.2, 0.25) is 0 Å². The lowest BCUT2D eigenvalue weighted by Crippen LogP contribution is -2.34. The summed E-state index contributed by atoms with van der Waals surface area (Å²) in [6, 6.07) is 4.36. The van der Waals surface area contributed by atoms with Crippen molar-refractivity contribution in [2.45, 2.75) is 132 Å². The predicted molar refractivity (Wildman–Crippen MR) is 163 cm³/mol. The molecule has 1 rings (SSSR count). The molecular formula is C33H60N2O2. The maximum absolute atomic E-state index is 13.2. The van der Waals surface area contributed by atoms with Gasteiger partial charge in [0.2, 0.25) is 5.91 Å². The zero-order chi connectivity index (χ0) is 27.6. The van der Waals surface area contributed by atoms with Gasteiger partial charge in [0.15, 0.2) is 0 Å². The fourth-order valence-electron chi connectivity index (χ4n) is 5.26. The van der Waals surface area contributed by atoms with E-state index in [2.05, 4.69) is 77.7 Å². The average molecular weight is 517 g/mol. The van der Waals surface area contributed by atoms with Crippen LogP contribution in [0.1, 0.15) is 131 Å². The molecule has 1 amide bonds. The van der Waals surface area contributed by atoms with Gasteiger partial charge in [-0.1, -0.05) is 92.9 Å². The Kier molecular flexibility index (Phi) is 17.4. The van der Waals surface area contributed by atoms with E-state index in [9.17, 15) is 4.79 Å². The average Bonchev–Trinajstić information content (AvgIpc) is 2.90. The third-order valence-electron chi connectivity index (χ3n) is 8.02. The molecule has 0 saturated carbocycles. The number of benzene rings is 1. The summed E-state index contributed by atoms with van der Waals surface area (Å²) in [5.74, 6) is 2.51. The van der Waals surface area contributed by atoms with Gasteiger partial charge in [-0.3, -0.25) is 4.79 Å². The molecule has 0 aliphatic heterocycles. The van der Waals surface area contributed by atoms with E-state index in [-0.39, 0.29) is 11.8 Å². The summed E-state index contributed by atoms with van der Waals surface area (Å²) in [4.78, 5) is 15.8. The molecule has 37 heavy (non-hydrogen) atoms. The molecule has 214 valence electrons. The summed E-state index contributed by atoms with van der Waals surface area (Å²) < 4.78 is 6.22. The summed E-state index contributed by atoms with van der Waals surface area (Å²) in [7, 11) is 0. The van der Waals surface area contributed by atoms with Crippen molar-refractivity contribution in [3.8, 4) is 5.75 Å². The van der Waals surface area contributed by atoms with Gasteiger partial charge in [0, 0.05) is 24.7 Å². The molecule has 0 heterocycles. The van der Waals surface area contributed by atoms with Crippen molar-refractivity contribution in [2.75, 3.05) is 29.9 Å². The van der Waals surface area contributed by atoms with Crippen molar-refractivity contribution in [1.29, 1.82) is 0 Å². The highest BCUT2D eigenvalue weighted by Gasteiger charge is 2.23. The minimum Gasteiger partial charge on any atom is -0.492 e. The number of ether oxygens (including phenoxy) is 1. The maximum Gasteiger partial charge on any atom is 0.227 e. The molecule has 4 heteroatoms. The molecule has 3 unspecified atom stereocenters. The SMILES string of the molecule is CCCCC(CC)CN(CC(CC)CCCC)c1cc(NC(=O)C(CC)CCCC)c(C)cc1OCC. The fourth-order valence-corrected chi connectivity index (χ4v) is 5.26. The molecule has 0 radical (unpaired) electrons. The van der Waals surface area contributed by atoms with Gasteiger partial charge < -0.3 is 15.0 Å². The Morgan fingerprint density at radius 2 is 1.35 bits per heavy atom. The predicted octanol–water partition coefficient (Wildman–Crippen LogP) is 9.79. The van der Waals surface area contributed by atoms with Crippen LogP contribution >= 0.6 is 0 Å². The molecular weight excluding hydrogens is 456 g/mol. The second kappa shape index (κ2) is 19.4. The number of hydrogen-bond acceptors (Lipinski definition) is 3. The lowest BCUT2D eigenvalue weighted by Gasteiger charge is -2.34. The van der Waals surface area contributed by atoms with Gasteiger partial charge in [-0.25, -0.2) is 0 Å². The normalized spacial score (nSPS) is 13.7. The molecule has 4 nitrogen and oxygen atoms in total. The Balaban J connectivity index is 3.42. The van der Waals surface area contributed by atoms with Gasteiger partial charge in [-0.05, 0) is 69.1 Å². The third kappa shape index (κ3) is 11.7. The second-order valence-corrected chi connectivity index (χ2v) is 11.0. The third-order valence-corrected chi connectivity index (χ3v) is 8.02. The maximum atomic E-state index is 13.2. The fraction of sp³-hybridized carbons (Fsp3) is 0.788. The molecule has 0 saturated heterocycles. The molecule has 3 atom stereocenters. The highest BCUT2D eigenvalue weighted by Crippen LogP contribution is 2.37. The summed E-state index contributed by atoms with van der Waals surface area (Å²) in [6.07, 6.45) is 14.0. The largest absolute Gasteiger partial charge is 0.492 e. The Bertz CT molecular complexity index is 730. The van der Waals surface area contributed by atoms with Crippen LogP contribution in [0.25, 0.3) is 0 Å². The Labute approximate surface area is 230 Å². The monoisotopic (exact) mass is 516 g/mol. The van der Waals surface area contributed by atoms with E-state index in [0.29, 0.717) is 18.4 Å². The zero-order valence-electron chi connectivity index (χ0n) is 25.8. The lowest BCUT2D eigenvalue weighted by molar-refractivity contribution is -0.120. The van der Waals surface area contributed by atoms with Crippen LogP contribution < -0.4 is 15.0 Å². The minimum absolute atomic E-state index is 0.0718. The van der Waals surface area contributed by atoms with E-state index >= 15 is 0 Å². The highest BCUT2D eigenvalue weighted by atomic mass is 16.5. The number of rotatable bonds is 21. The number of nitrogens with zero attached hydrogens (tertiary/aromatic N) is 1. The highest BCUT2D eigenvalue weighted by molar-refractivity contribution is 5.94. The van der Waals surface area contributed by atoms with Crippen molar-refractivity contribution in [3.63, 3.8) is 0 Å². The first-order chi connectivity index (χ1) is 17.9. The number of nitrogens with one attached hydrogen (secondary N) is 1. The first kappa shape index (κ1) is 33.3. The molecule has 0 fully saturated rings. The molecule has 0 bridgehead atoms. The Morgan fingerprint density at radius 1 is 0.811 bits per heavy atom. The van der Waals surface area contributed by atoms with Crippen molar-refractivity contribution >= 4 is 17.3 Å². The standard InChI is InChI=1S/C33H60N2O2/c1-9-16-19-27(12-4)24-35(25-28(13-5)20-17-10-2)31-23-30(26(8)22-32(31)37-15-7)34-33(36)29(14-6)21-18-11-3/h22-23,27-29H,9-21,24-25H2,1-8H3,(H,34,36). The van der Waals surface area contributed by atoms with Gasteiger partial charge in [0.1, 0.15) is 5.75 Å². The number of carbonyl (C=O) groups is 1. The molecule has 0 spiro atoms. The van der Waals surface area contributed by atoms with E-state index in [1.807, 2.05) is 0 Å². The van der Waals surface area contributed by atoms with Crippen LogP contribution in [-0.2, 0) is 4.79 Å². The van der Waals surface area contributed by atoms with Crippen LogP contribution in [0.15, 0.2) is 12.1 Å². The number of carbonyl (C=O) groups excluding carboxylic acids is 1. The van der Waals surface area contributed by atoms with Crippen molar-refractivity contribution < 1.29 is 9.53 Å². The van der Waals surface area contributed by atoms with Gasteiger partial charge >= 0.3 is 0 Å². The molecule has 0 aliphatic carbocycles. The minimum atomic E-state index is 0.0718. The lowest BCUT2D eigenvalue weighted by atomic mass is 9.95. The number of aryl methyl sites for hydroxylation is 1. The summed E-state index contributed by atoms with van der Waals surface area (Å²) in [5.41, 5.74) is 3.16. The molecule has 1 N–H and O–H groups in total. The van der Waals surface area contributed by atoms with E-state index in [4.69, 9.17) is 4.74 Å². The Hall–Kier alpha value is -1.71. The zero-order valence-corrected chi connectivity index (χ0v) is 25.8. The van der Waals surface area contributed by atoms with Crippen LogP contribution in [0.3, 0.4) is 0 Å². The van der Waals surface area contributed by atoms with Crippen LogP contribution in [0, 0.1) is 24.7 Å². The van der Waals surface area contributed by atoms with E-state index < -0.39 is 0 Å². The van der Waals surface area contributed by atoms with Crippen molar-refractivity contribution in [3.05, 3.63) is 17.7 Å². The van der Waals surface area contributed by atoms with E-state index in [0.717, 1.165) is 61.5 Å². The smallest absolute Gasteiger partial charge is 0.227 e. The summed E-state index contributed by atoms with van der Waals surface area (Å²) in [5, 5.41) is 3.32. The number of hydrogen-bond donors (Lipinski definition) is 1. The number of amides is 1.